The Hall–Kier alpha value is -3.34. The van der Waals surface area contributed by atoms with E-state index in [0.717, 1.165) is 0 Å². The van der Waals surface area contributed by atoms with E-state index in [1.165, 1.54) is 24.3 Å². The first kappa shape index (κ1) is 34.2. The van der Waals surface area contributed by atoms with Gasteiger partial charge in [0.05, 0.1) is 18.6 Å². The van der Waals surface area contributed by atoms with Gasteiger partial charge in [-0.15, -0.1) is 0 Å². The number of carbonyl (C=O) groups is 2. The second-order valence-electron chi connectivity index (χ2n) is 10.5. The number of para-hydroxylation sites is 1. The Morgan fingerprint density at radius 3 is 1.86 bits per heavy atom. The molecule has 0 aliphatic rings. The minimum atomic E-state index is -1.21. The molecule has 43 heavy (non-hydrogen) atoms. The van der Waals surface area contributed by atoms with Crippen LogP contribution in [0.25, 0.3) is 22.3 Å². The SMILES string of the molecule is CC(C)n1c(CC[C@@H](O)C[C@@H](O)CC(=O)O)c(-c2ccc(F)cc2)c(-c2ccc(F)cc2)c1C(=O)Nc1ccccc1.[NaH]. The molecule has 3 aromatic carbocycles. The predicted octanol–water partition coefficient (Wildman–Crippen LogP) is 5.80. The van der Waals surface area contributed by atoms with Gasteiger partial charge in [0.15, 0.2) is 0 Å². The van der Waals surface area contributed by atoms with E-state index in [0.29, 0.717) is 39.3 Å². The van der Waals surface area contributed by atoms with E-state index >= 15 is 0 Å². The van der Waals surface area contributed by atoms with Crippen molar-refractivity contribution in [2.24, 2.45) is 0 Å². The molecule has 1 aromatic heterocycles. The zero-order chi connectivity index (χ0) is 30.4. The van der Waals surface area contributed by atoms with Crippen LogP contribution in [0, 0.1) is 11.6 Å². The van der Waals surface area contributed by atoms with Crippen LogP contribution in [0.15, 0.2) is 78.9 Å². The number of halogens is 2. The Labute approximate surface area is 271 Å². The van der Waals surface area contributed by atoms with Gasteiger partial charge in [0.25, 0.3) is 5.91 Å². The molecule has 0 spiro atoms. The maximum atomic E-state index is 14.0. The van der Waals surface area contributed by atoms with Crippen LogP contribution in [0.2, 0.25) is 0 Å². The summed E-state index contributed by atoms with van der Waals surface area (Å²) in [7, 11) is 0. The van der Waals surface area contributed by atoms with Crippen LogP contribution in [0.4, 0.5) is 14.5 Å². The molecule has 0 fully saturated rings. The number of anilines is 1. The molecule has 1 heterocycles. The average Bonchev–Trinajstić information content (AvgIpc) is 3.28. The van der Waals surface area contributed by atoms with Gasteiger partial charge in [-0.1, -0.05) is 42.5 Å². The molecule has 4 N–H and O–H groups in total. The zero-order valence-corrected chi connectivity index (χ0v) is 23.4. The molecule has 0 saturated carbocycles. The summed E-state index contributed by atoms with van der Waals surface area (Å²) in [6.45, 7) is 3.83. The van der Waals surface area contributed by atoms with Crippen LogP contribution in [0.5, 0.6) is 0 Å². The first-order chi connectivity index (χ1) is 20.0. The van der Waals surface area contributed by atoms with Gasteiger partial charge < -0.3 is 25.2 Å². The van der Waals surface area contributed by atoms with Crippen molar-refractivity contribution in [3.63, 3.8) is 0 Å². The Bertz CT molecular complexity index is 1520. The van der Waals surface area contributed by atoms with E-state index in [1.54, 1.807) is 48.5 Å². The molecule has 4 aromatic rings. The van der Waals surface area contributed by atoms with Crippen molar-refractivity contribution in [2.45, 2.75) is 57.8 Å². The second kappa shape index (κ2) is 15.4. The number of carboxylic acid groups (broad SMARTS) is 1. The summed E-state index contributed by atoms with van der Waals surface area (Å²) < 4.78 is 29.9. The van der Waals surface area contributed by atoms with Gasteiger partial charge in [-0.05, 0) is 80.6 Å². The molecule has 1 amide bonds. The van der Waals surface area contributed by atoms with Crippen molar-refractivity contribution in [3.8, 4) is 22.3 Å². The quantitative estimate of drug-likeness (QED) is 0.154. The summed E-state index contributed by atoms with van der Waals surface area (Å²) in [5.41, 5.74) is 3.94. The molecule has 0 saturated heterocycles. The molecule has 0 radical (unpaired) electrons. The Balaban J connectivity index is 0.00000506. The van der Waals surface area contributed by atoms with E-state index in [4.69, 9.17) is 5.11 Å². The van der Waals surface area contributed by atoms with E-state index in [1.807, 2.05) is 24.5 Å². The number of nitrogens with one attached hydrogen (secondary N) is 1. The molecule has 0 aliphatic carbocycles. The van der Waals surface area contributed by atoms with E-state index in [2.05, 4.69) is 5.32 Å². The van der Waals surface area contributed by atoms with Crippen molar-refractivity contribution in [3.05, 3.63) is 102 Å². The Morgan fingerprint density at radius 1 is 0.814 bits per heavy atom. The van der Waals surface area contributed by atoms with Gasteiger partial charge in [-0.2, -0.15) is 0 Å². The van der Waals surface area contributed by atoms with Crippen molar-refractivity contribution < 1.29 is 33.7 Å². The van der Waals surface area contributed by atoms with Gasteiger partial charge in [0, 0.05) is 28.6 Å². The summed E-state index contributed by atoms with van der Waals surface area (Å²) in [5, 5.41) is 32.7. The number of rotatable bonds is 12. The summed E-state index contributed by atoms with van der Waals surface area (Å²) >= 11 is 0. The number of aromatic nitrogens is 1. The molecule has 10 heteroatoms. The van der Waals surface area contributed by atoms with E-state index < -0.39 is 42.1 Å². The van der Waals surface area contributed by atoms with Crippen molar-refractivity contribution in [1.82, 2.24) is 4.57 Å². The summed E-state index contributed by atoms with van der Waals surface area (Å²) in [5.74, 6) is -2.44. The maximum absolute atomic E-state index is 14.0. The van der Waals surface area contributed by atoms with Crippen LogP contribution >= 0.6 is 0 Å². The number of benzene rings is 3. The van der Waals surface area contributed by atoms with Crippen LogP contribution in [-0.2, 0) is 11.2 Å². The van der Waals surface area contributed by atoms with E-state index in [9.17, 15) is 28.6 Å². The van der Waals surface area contributed by atoms with Crippen molar-refractivity contribution >= 4 is 47.1 Å². The third-order valence-electron chi connectivity index (χ3n) is 7.00. The standard InChI is InChI=1S/C33H34F2N2O5.Na.H/c1-20(2)37-28(17-16-26(38)18-27(39)19-29(40)41)30(21-8-12-23(34)13-9-21)31(22-10-14-24(35)15-11-22)32(37)33(42)36-25-6-4-3-5-7-25;;/h3-15,20,26-27,38-39H,16-19H2,1-2H3,(H,36,42)(H,40,41);;/t26-,27-;;/m1../s1. The van der Waals surface area contributed by atoms with Gasteiger partial charge in [-0.25, -0.2) is 8.78 Å². The van der Waals surface area contributed by atoms with E-state index in [-0.39, 0.29) is 54.9 Å². The molecule has 0 bridgehead atoms. The molecular weight excluding hydrogens is 565 g/mol. The molecular formula is C33H35F2N2NaO5. The third-order valence-corrected chi connectivity index (χ3v) is 7.00. The summed E-state index contributed by atoms with van der Waals surface area (Å²) in [6.07, 6.45) is -2.45. The van der Waals surface area contributed by atoms with Gasteiger partial charge in [-0.3, -0.25) is 9.59 Å². The van der Waals surface area contributed by atoms with Crippen LogP contribution < -0.4 is 5.32 Å². The normalized spacial score (nSPS) is 12.4. The van der Waals surface area contributed by atoms with Crippen LogP contribution in [0.3, 0.4) is 0 Å². The third kappa shape index (κ3) is 8.61. The number of aliphatic hydroxyl groups is 2. The molecule has 4 rings (SSSR count). The van der Waals surface area contributed by atoms with Gasteiger partial charge >= 0.3 is 35.5 Å². The Morgan fingerprint density at radius 2 is 1.35 bits per heavy atom. The predicted molar refractivity (Wildman–Crippen MR) is 164 cm³/mol. The first-order valence-corrected chi connectivity index (χ1v) is 13.8. The number of aliphatic hydroxyl groups excluding tert-OH is 2. The molecule has 0 aliphatic heterocycles. The molecule has 7 nitrogen and oxygen atoms in total. The fourth-order valence-corrected chi connectivity index (χ4v) is 5.23. The average molecular weight is 601 g/mol. The molecule has 0 unspecified atom stereocenters. The van der Waals surface area contributed by atoms with Crippen molar-refractivity contribution in [2.75, 3.05) is 5.32 Å². The number of carboxylic acids is 1. The van der Waals surface area contributed by atoms with Gasteiger partial charge in [0.1, 0.15) is 17.3 Å². The zero-order valence-electron chi connectivity index (χ0n) is 23.4. The minimum absolute atomic E-state index is 0. The number of carbonyl (C=O) groups excluding carboxylic acids is 1. The number of amides is 1. The summed E-state index contributed by atoms with van der Waals surface area (Å²) in [6, 6.07) is 20.4. The molecule has 222 valence electrons. The fraction of sp³-hybridized carbons (Fsp3) is 0.273. The van der Waals surface area contributed by atoms with Crippen molar-refractivity contribution in [1.29, 1.82) is 0 Å². The fourth-order valence-electron chi connectivity index (χ4n) is 5.23. The second-order valence-corrected chi connectivity index (χ2v) is 10.5. The molecule has 2 atom stereocenters. The first-order valence-electron chi connectivity index (χ1n) is 13.8. The number of aliphatic carboxylic acids is 1. The van der Waals surface area contributed by atoms with Crippen LogP contribution in [0.1, 0.15) is 55.3 Å². The number of hydrogen-bond acceptors (Lipinski definition) is 4. The summed E-state index contributed by atoms with van der Waals surface area (Å²) in [4.78, 5) is 25.0. The Kier molecular flexibility index (Phi) is 12.2. The van der Waals surface area contributed by atoms with Crippen LogP contribution in [-0.4, -0.2) is 73.5 Å². The monoisotopic (exact) mass is 600 g/mol. The topological polar surface area (TPSA) is 112 Å². The van der Waals surface area contributed by atoms with Gasteiger partial charge in [0.2, 0.25) is 0 Å². The number of nitrogens with zero attached hydrogens (tertiary/aromatic N) is 1. The number of hydrogen-bond donors (Lipinski definition) is 4.